The molecule has 1 aromatic heterocycles. The molecule has 6 nitrogen and oxygen atoms in total. The highest BCUT2D eigenvalue weighted by Crippen LogP contribution is 2.16. The Morgan fingerprint density at radius 2 is 2.53 bits per heavy atom. The first-order valence-electron chi connectivity index (χ1n) is 5.64. The molecule has 17 heavy (non-hydrogen) atoms. The normalized spacial score (nSPS) is 19.1. The maximum absolute atomic E-state index is 11.5. The fourth-order valence-corrected chi connectivity index (χ4v) is 1.72. The molecule has 0 aromatic carbocycles. The van der Waals surface area contributed by atoms with Gasteiger partial charge in [0.1, 0.15) is 12.4 Å². The number of aromatic nitrogens is 2. The van der Waals surface area contributed by atoms with Crippen LogP contribution in [0.1, 0.15) is 13.3 Å². The summed E-state index contributed by atoms with van der Waals surface area (Å²) in [6.07, 6.45) is 3.56. The van der Waals surface area contributed by atoms with Crippen molar-refractivity contribution in [3.8, 4) is 5.88 Å². The van der Waals surface area contributed by atoms with Crippen molar-refractivity contribution >= 4 is 6.09 Å². The van der Waals surface area contributed by atoms with Gasteiger partial charge in [-0.25, -0.2) is 14.8 Å². The number of hydrogen-bond acceptors (Lipinski definition) is 5. The Morgan fingerprint density at radius 3 is 3.24 bits per heavy atom. The van der Waals surface area contributed by atoms with E-state index in [1.165, 1.54) is 6.33 Å². The van der Waals surface area contributed by atoms with Crippen LogP contribution in [-0.4, -0.2) is 46.8 Å². The molecule has 92 valence electrons. The molecule has 1 amide bonds. The molecule has 0 saturated carbocycles. The third kappa shape index (κ3) is 3.05. The maximum atomic E-state index is 11.5. The van der Waals surface area contributed by atoms with Crippen molar-refractivity contribution in [1.29, 1.82) is 0 Å². The van der Waals surface area contributed by atoms with Crippen molar-refractivity contribution in [2.75, 3.05) is 19.7 Å². The van der Waals surface area contributed by atoms with Crippen molar-refractivity contribution in [1.82, 2.24) is 14.9 Å². The molecule has 1 aromatic rings. The number of carbonyl (C=O) groups is 1. The van der Waals surface area contributed by atoms with Gasteiger partial charge in [0.25, 0.3) is 0 Å². The van der Waals surface area contributed by atoms with Gasteiger partial charge in [0.05, 0.1) is 13.2 Å². The SMILES string of the molecule is CCOC(=O)N1CC[C@H](Oc2ccncn2)C1. The van der Waals surface area contributed by atoms with E-state index >= 15 is 0 Å². The minimum absolute atomic E-state index is 0.0192. The molecule has 1 aliphatic heterocycles. The Labute approximate surface area is 99.6 Å². The molecule has 0 aliphatic carbocycles. The first-order chi connectivity index (χ1) is 8.29. The van der Waals surface area contributed by atoms with Gasteiger partial charge in [0.15, 0.2) is 0 Å². The van der Waals surface area contributed by atoms with Crippen molar-refractivity contribution in [3.63, 3.8) is 0 Å². The summed E-state index contributed by atoms with van der Waals surface area (Å²) in [4.78, 5) is 20.9. The lowest BCUT2D eigenvalue weighted by Gasteiger charge is -2.15. The van der Waals surface area contributed by atoms with E-state index in [1.54, 1.807) is 24.1 Å². The lowest BCUT2D eigenvalue weighted by Crippen LogP contribution is -2.31. The Hall–Kier alpha value is -1.85. The van der Waals surface area contributed by atoms with Gasteiger partial charge < -0.3 is 14.4 Å². The number of ether oxygens (including phenoxy) is 2. The van der Waals surface area contributed by atoms with Crippen molar-refractivity contribution in [2.24, 2.45) is 0 Å². The maximum Gasteiger partial charge on any atom is 0.409 e. The second-order valence-corrected chi connectivity index (χ2v) is 3.72. The van der Waals surface area contributed by atoms with E-state index in [4.69, 9.17) is 9.47 Å². The quantitative estimate of drug-likeness (QED) is 0.787. The topological polar surface area (TPSA) is 64.5 Å². The van der Waals surface area contributed by atoms with E-state index < -0.39 is 0 Å². The van der Waals surface area contributed by atoms with Crippen LogP contribution in [0.2, 0.25) is 0 Å². The third-order valence-corrected chi connectivity index (χ3v) is 2.51. The zero-order chi connectivity index (χ0) is 12.1. The molecule has 0 bridgehead atoms. The molecule has 0 radical (unpaired) electrons. The van der Waals surface area contributed by atoms with E-state index in [0.717, 1.165) is 6.42 Å². The van der Waals surface area contributed by atoms with Gasteiger partial charge >= 0.3 is 6.09 Å². The molecule has 0 N–H and O–H groups in total. The molecule has 0 unspecified atom stereocenters. The number of rotatable bonds is 3. The Morgan fingerprint density at radius 1 is 1.65 bits per heavy atom. The lowest BCUT2D eigenvalue weighted by atomic mass is 10.3. The van der Waals surface area contributed by atoms with Gasteiger partial charge in [0, 0.05) is 25.2 Å². The van der Waals surface area contributed by atoms with E-state index in [1.807, 2.05) is 0 Å². The fourth-order valence-electron chi connectivity index (χ4n) is 1.72. The van der Waals surface area contributed by atoms with Crippen LogP contribution in [0, 0.1) is 0 Å². The standard InChI is InChI=1S/C11H15N3O3/c1-2-16-11(15)14-6-4-9(7-14)17-10-3-5-12-8-13-10/h3,5,8-9H,2,4,6-7H2,1H3/t9-/m0/s1. The van der Waals surface area contributed by atoms with Gasteiger partial charge in [-0.2, -0.15) is 0 Å². The lowest BCUT2D eigenvalue weighted by molar-refractivity contribution is 0.109. The number of hydrogen-bond donors (Lipinski definition) is 0. The summed E-state index contributed by atoms with van der Waals surface area (Å²) in [5, 5.41) is 0. The highest BCUT2D eigenvalue weighted by Gasteiger charge is 2.28. The largest absolute Gasteiger partial charge is 0.472 e. The van der Waals surface area contributed by atoms with E-state index in [9.17, 15) is 4.79 Å². The summed E-state index contributed by atoms with van der Waals surface area (Å²) < 4.78 is 10.6. The van der Waals surface area contributed by atoms with Gasteiger partial charge in [-0.15, -0.1) is 0 Å². The van der Waals surface area contributed by atoms with Gasteiger partial charge in [-0.1, -0.05) is 0 Å². The molecule has 6 heteroatoms. The molecule has 1 fully saturated rings. The summed E-state index contributed by atoms with van der Waals surface area (Å²) in [6, 6.07) is 1.70. The summed E-state index contributed by atoms with van der Waals surface area (Å²) in [5.41, 5.74) is 0. The number of carbonyl (C=O) groups excluding carboxylic acids is 1. The zero-order valence-electron chi connectivity index (χ0n) is 9.70. The first-order valence-corrected chi connectivity index (χ1v) is 5.64. The van der Waals surface area contributed by atoms with Crippen LogP contribution in [0.5, 0.6) is 5.88 Å². The third-order valence-electron chi connectivity index (χ3n) is 2.51. The minimum Gasteiger partial charge on any atom is -0.472 e. The number of amides is 1. The molecular formula is C11H15N3O3. The van der Waals surface area contributed by atoms with Gasteiger partial charge in [-0.05, 0) is 6.92 Å². The van der Waals surface area contributed by atoms with Crippen LogP contribution in [0.25, 0.3) is 0 Å². The van der Waals surface area contributed by atoms with Crippen LogP contribution in [0.15, 0.2) is 18.6 Å². The van der Waals surface area contributed by atoms with Crippen molar-refractivity contribution < 1.29 is 14.3 Å². The summed E-state index contributed by atoms with van der Waals surface area (Å²) >= 11 is 0. The van der Waals surface area contributed by atoms with Crippen LogP contribution < -0.4 is 4.74 Å². The number of likely N-dealkylation sites (tertiary alicyclic amines) is 1. The van der Waals surface area contributed by atoms with E-state index in [0.29, 0.717) is 25.6 Å². The Kier molecular flexibility index (Phi) is 3.74. The first kappa shape index (κ1) is 11.6. The smallest absolute Gasteiger partial charge is 0.409 e. The highest BCUT2D eigenvalue weighted by molar-refractivity contribution is 5.67. The van der Waals surface area contributed by atoms with E-state index in [2.05, 4.69) is 9.97 Å². The predicted molar refractivity (Wildman–Crippen MR) is 59.7 cm³/mol. The second kappa shape index (κ2) is 5.47. The monoisotopic (exact) mass is 237 g/mol. The van der Waals surface area contributed by atoms with E-state index in [-0.39, 0.29) is 12.2 Å². The average molecular weight is 237 g/mol. The zero-order valence-corrected chi connectivity index (χ0v) is 9.70. The van der Waals surface area contributed by atoms with Crippen LogP contribution in [0.3, 0.4) is 0 Å². The molecule has 1 aliphatic rings. The predicted octanol–water partition coefficient (Wildman–Crippen LogP) is 1.09. The van der Waals surface area contributed by atoms with Crippen molar-refractivity contribution in [3.05, 3.63) is 18.6 Å². The molecule has 0 spiro atoms. The van der Waals surface area contributed by atoms with Gasteiger partial charge in [0.2, 0.25) is 5.88 Å². The average Bonchev–Trinajstić information content (AvgIpc) is 2.79. The molecule has 2 rings (SSSR count). The van der Waals surface area contributed by atoms with Crippen LogP contribution >= 0.6 is 0 Å². The van der Waals surface area contributed by atoms with Crippen LogP contribution in [0.4, 0.5) is 4.79 Å². The van der Waals surface area contributed by atoms with Crippen LogP contribution in [-0.2, 0) is 4.74 Å². The molecular weight excluding hydrogens is 222 g/mol. The molecule has 1 saturated heterocycles. The molecule has 2 heterocycles. The number of nitrogens with zero attached hydrogens (tertiary/aromatic N) is 3. The van der Waals surface area contributed by atoms with Gasteiger partial charge in [-0.3, -0.25) is 0 Å². The fraction of sp³-hybridized carbons (Fsp3) is 0.545. The summed E-state index contributed by atoms with van der Waals surface area (Å²) in [7, 11) is 0. The summed E-state index contributed by atoms with van der Waals surface area (Å²) in [6.45, 7) is 3.40. The summed E-state index contributed by atoms with van der Waals surface area (Å²) in [5.74, 6) is 0.538. The second-order valence-electron chi connectivity index (χ2n) is 3.72. The molecule has 1 atom stereocenters. The van der Waals surface area contributed by atoms with Crippen molar-refractivity contribution in [2.45, 2.75) is 19.4 Å². The highest BCUT2D eigenvalue weighted by atomic mass is 16.6. The Bertz CT molecular complexity index is 371. The minimum atomic E-state index is -0.277. The Balaban J connectivity index is 1.84.